The smallest absolute Gasteiger partial charge is 0.172 e. The summed E-state index contributed by atoms with van der Waals surface area (Å²) in [5.74, 6) is 2.77. The zero-order chi connectivity index (χ0) is 19.7. The highest BCUT2D eigenvalue weighted by molar-refractivity contribution is 5.48. The molecule has 0 amide bonds. The molecule has 3 nitrogen and oxygen atoms in total. The first-order valence-electron chi connectivity index (χ1n) is 9.57. The van der Waals surface area contributed by atoms with Gasteiger partial charge in [-0.1, -0.05) is 78.9 Å². The van der Waals surface area contributed by atoms with Gasteiger partial charge in [0.2, 0.25) is 0 Å². The van der Waals surface area contributed by atoms with E-state index in [0.717, 1.165) is 22.6 Å². The van der Waals surface area contributed by atoms with Crippen LogP contribution < -0.4 is 14.2 Å². The van der Waals surface area contributed by atoms with Crippen LogP contribution in [0, 0.1) is 0 Å². The molecular formula is C26H22O3. The molecule has 144 valence electrons. The zero-order valence-corrected chi connectivity index (χ0v) is 16.0. The molecule has 29 heavy (non-hydrogen) atoms. The second-order valence-electron chi connectivity index (χ2n) is 6.57. The fourth-order valence-corrected chi connectivity index (χ4v) is 2.87. The van der Waals surface area contributed by atoms with Crippen LogP contribution in [0.2, 0.25) is 0 Å². The van der Waals surface area contributed by atoms with Gasteiger partial charge in [0.15, 0.2) is 11.5 Å². The van der Waals surface area contributed by atoms with Crippen LogP contribution in [0.15, 0.2) is 109 Å². The second-order valence-corrected chi connectivity index (χ2v) is 6.57. The van der Waals surface area contributed by atoms with Gasteiger partial charge in [-0.2, -0.15) is 0 Å². The minimum atomic E-state index is 0.468. The van der Waals surface area contributed by atoms with Crippen LogP contribution in [0.1, 0.15) is 11.1 Å². The molecule has 4 rings (SSSR count). The molecule has 0 aromatic heterocycles. The lowest BCUT2D eigenvalue weighted by atomic mass is 10.2. The number of rotatable bonds is 8. The Morgan fingerprint density at radius 1 is 0.448 bits per heavy atom. The Kier molecular flexibility index (Phi) is 6.08. The lowest BCUT2D eigenvalue weighted by Gasteiger charge is -2.15. The van der Waals surface area contributed by atoms with Crippen LogP contribution in [0.25, 0.3) is 0 Å². The van der Waals surface area contributed by atoms with Crippen molar-refractivity contribution in [2.75, 3.05) is 0 Å². The highest BCUT2D eigenvalue weighted by Gasteiger charge is 2.10. The minimum Gasteiger partial charge on any atom is -0.489 e. The molecule has 0 N–H and O–H groups in total. The van der Waals surface area contributed by atoms with Gasteiger partial charge in [-0.25, -0.2) is 0 Å². The Morgan fingerprint density at radius 3 is 1.62 bits per heavy atom. The first kappa shape index (κ1) is 18.6. The van der Waals surface area contributed by atoms with E-state index in [9.17, 15) is 0 Å². The molecule has 0 aliphatic heterocycles. The van der Waals surface area contributed by atoms with E-state index in [1.165, 1.54) is 0 Å². The third kappa shape index (κ3) is 5.39. The largest absolute Gasteiger partial charge is 0.489 e. The molecule has 0 saturated heterocycles. The normalized spacial score (nSPS) is 10.3. The quantitative estimate of drug-likeness (QED) is 0.342. The number of hydrogen-bond donors (Lipinski definition) is 0. The Labute approximate surface area is 171 Å². The summed E-state index contributed by atoms with van der Waals surface area (Å²) >= 11 is 0. The van der Waals surface area contributed by atoms with Crippen molar-refractivity contribution >= 4 is 0 Å². The predicted molar refractivity (Wildman–Crippen MR) is 115 cm³/mol. The molecule has 0 saturated carbocycles. The Morgan fingerprint density at radius 2 is 1.00 bits per heavy atom. The first-order valence-corrected chi connectivity index (χ1v) is 9.57. The monoisotopic (exact) mass is 382 g/mol. The van der Waals surface area contributed by atoms with E-state index in [0.29, 0.717) is 24.7 Å². The predicted octanol–water partition coefficient (Wildman–Crippen LogP) is 6.64. The molecule has 3 heteroatoms. The van der Waals surface area contributed by atoms with Crippen molar-refractivity contribution in [2.45, 2.75) is 13.2 Å². The van der Waals surface area contributed by atoms with Gasteiger partial charge in [-0.05, 0) is 35.4 Å². The standard InChI is InChI=1S/C26H22O3/c1-4-10-21(11-5-1)19-27-24-16-17-25(28-20-22-12-6-2-7-13-22)26(18-24)29-23-14-8-3-9-15-23/h1-18H,19-20H2. The molecule has 0 fully saturated rings. The van der Waals surface area contributed by atoms with Crippen LogP contribution in [0.4, 0.5) is 0 Å². The SMILES string of the molecule is c1ccc(COc2ccc(OCc3ccccc3)c(Oc3ccccc3)c2)cc1. The van der Waals surface area contributed by atoms with Crippen LogP contribution in [-0.4, -0.2) is 0 Å². The number of hydrogen-bond acceptors (Lipinski definition) is 3. The Bertz CT molecular complexity index is 1020. The molecule has 0 aliphatic rings. The Balaban J connectivity index is 1.52. The molecule has 0 bridgehead atoms. The summed E-state index contributed by atoms with van der Waals surface area (Å²) in [6, 6.07) is 35.5. The van der Waals surface area contributed by atoms with E-state index in [-0.39, 0.29) is 0 Å². The van der Waals surface area contributed by atoms with Crippen LogP contribution in [-0.2, 0) is 13.2 Å². The average molecular weight is 382 g/mol. The molecule has 0 radical (unpaired) electrons. The van der Waals surface area contributed by atoms with Gasteiger partial charge < -0.3 is 14.2 Å². The second kappa shape index (κ2) is 9.47. The maximum Gasteiger partial charge on any atom is 0.172 e. The summed E-state index contributed by atoms with van der Waals surface area (Å²) in [6.45, 7) is 0.964. The molecule has 4 aromatic rings. The van der Waals surface area contributed by atoms with E-state index in [2.05, 4.69) is 0 Å². The van der Waals surface area contributed by atoms with Crippen molar-refractivity contribution in [2.24, 2.45) is 0 Å². The van der Waals surface area contributed by atoms with Crippen molar-refractivity contribution in [3.8, 4) is 23.0 Å². The fourth-order valence-electron chi connectivity index (χ4n) is 2.87. The molecule has 0 heterocycles. The van der Waals surface area contributed by atoms with Crippen molar-refractivity contribution in [1.29, 1.82) is 0 Å². The molecule has 0 spiro atoms. The number of ether oxygens (including phenoxy) is 3. The van der Waals surface area contributed by atoms with Crippen LogP contribution in [0.3, 0.4) is 0 Å². The molecule has 0 atom stereocenters. The third-order valence-corrected chi connectivity index (χ3v) is 4.37. The van der Waals surface area contributed by atoms with Crippen molar-refractivity contribution in [3.05, 3.63) is 120 Å². The number of benzene rings is 4. The Hall–Kier alpha value is -3.72. The fraction of sp³-hybridized carbons (Fsp3) is 0.0769. The summed E-state index contributed by atoms with van der Waals surface area (Å²) in [5.41, 5.74) is 2.21. The molecule has 0 aliphatic carbocycles. The highest BCUT2D eigenvalue weighted by Crippen LogP contribution is 2.35. The van der Waals surface area contributed by atoms with E-state index in [1.54, 1.807) is 0 Å². The van der Waals surface area contributed by atoms with Gasteiger partial charge in [-0.3, -0.25) is 0 Å². The summed E-state index contributed by atoms with van der Waals surface area (Å²) in [5, 5.41) is 0. The lowest BCUT2D eigenvalue weighted by molar-refractivity contribution is 0.284. The van der Waals surface area contributed by atoms with Crippen molar-refractivity contribution < 1.29 is 14.2 Å². The van der Waals surface area contributed by atoms with Crippen molar-refractivity contribution in [1.82, 2.24) is 0 Å². The molecule has 0 unspecified atom stereocenters. The van der Waals surface area contributed by atoms with E-state index >= 15 is 0 Å². The van der Waals surface area contributed by atoms with Crippen LogP contribution >= 0.6 is 0 Å². The highest BCUT2D eigenvalue weighted by atomic mass is 16.5. The van der Waals surface area contributed by atoms with E-state index < -0.39 is 0 Å². The third-order valence-electron chi connectivity index (χ3n) is 4.37. The minimum absolute atomic E-state index is 0.468. The van der Waals surface area contributed by atoms with E-state index in [4.69, 9.17) is 14.2 Å². The van der Waals surface area contributed by atoms with Gasteiger partial charge in [0.25, 0.3) is 0 Å². The van der Waals surface area contributed by atoms with Gasteiger partial charge in [-0.15, -0.1) is 0 Å². The van der Waals surface area contributed by atoms with E-state index in [1.807, 2.05) is 109 Å². The maximum atomic E-state index is 6.09. The lowest BCUT2D eigenvalue weighted by Crippen LogP contribution is -1.99. The summed E-state index contributed by atoms with van der Waals surface area (Å²) < 4.78 is 18.1. The van der Waals surface area contributed by atoms with Crippen molar-refractivity contribution in [3.63, 3.8) is 0 Å². The molecule has 4 aromatic carbocycles. The maximum absolute atomic E-state index is 6.09. The van der Waals surface area contributed by atoms with Gasteiger partial charge >= 0.3 is 0 Å². The number of para-hydroxylation sites is 1. The summed E-state index contributed by atoms with van der Waals surface area (Å²) in [6.07, 6.45) is 0. The van der Waals surface area contributed by atoms with Crippen LogP contribution in [0.5, 0.6) is 23.0 Å². The zero-order valence-electron chi connectivity index (χ0n) is 16.0. The average Bonchev–Trinajstić information content (AvgIpc) is 2.79. The van der Waals surface area contributed by atoms with Gasteiger partial charge in [0.1, 0.15) is 24.7 Å². The topological polar surface area (TPSA) is 27.7 Å². The first-order chi connectivity index (χ1) is 14.4. The van der Waals surface area contributed by atoms with Gasteiger partial charge in [0, 0.05) is 6.07 Å². The summed E-state index contributed by atoms with van der Waals surface area (Å²) in [7, 11) is 0. The van der Waals surface area contributed by atoms with Gasteiger partial charge in [0.05, 0.1) is 0 Å². The molecular weight excluding hydrogens is 360 g/mol. The summed E-state index contributed by atoms with van der Waals surface area (Å²) in [4.78, 5) is 0.